The molecular formula is C13H16Cl2N4S. The molecule has 0 heterocycles. The zero-order valence-electron chi connectivity index (χ0n) is 11.5. The summed E-state index contributed by atoms with van der Waals surface area (Å²) in [6.45, 7) is 5.01. The van der Waals surface area contributed by atoms with E-state index in [1.165, 1.54) is 11.8 Å². The van der Waals surface area contributed by atoms with Crippen LogP contribution in [-0.2, 0) is 0 Å². The van der Waals surface area contributed by atoms with Gasteiger partial charge in [-0.25, -0.2) is 4.99 Å². The number of amidine groups is 1. The van der Waals surface area contributed by atoms with Gasteiger partial charge in [-0.2, -0.15) is 5.26 Å². The molecule has 0 amide bonds. The number of thioether (sulfide) groups is 1. The Balaban J connectivity index is 3.15. The van der Waals surface area contributed by atoms with Crippen LogP contribution in [0.2, 0.25) is 10.0 Å². The van der Waals surface area contributed by atoms with E-state index in [-0.39, 0.29) is 0 Å². The van der Waals surface area contributed by atoms with Crippen LogP contribution in [0.25, 0.3) is 0 Å². The average molecular weight is 331 g/mol. The molecule has 1 rings (SSSR count). The highest BCUT2D eigenvalue weighted by molar-refractivity contribution is 8.13. The Bertz CT molecular complexity index is 538. The Morgan fingerprint density at radius 1 is 1.40 bits per heavy atom. The van der Waals surface area contributed by atoms with Gasteiger partial charge in [0.15, 0.2) is 11.4 Å². The summed E-state index contributed by atoms with van der Waals surface area (Å²) in [5.74, 6) is 0.485. The number of hydrogen-bond acceptors (Lipinski definition) is 4. The molecule has 0 radical (unpaired) electrons. The van der Waals surface area contributed by atoms with Crippen LogP contribution in [0.5, 0.6) is 0 Å². The molecule has 0 bridgehead atoms. The van der Waals surface area contributed by atoms with E-state index in [2.05, 4.69) is 29.5 Å². The van der Waals surface area contributed by atoms with E-state index in [1.54, 1.807) is 12.1 Å². The maximum Gasteiger partial charge on any atom is 0.183 e. The molecule has 0 aromatic heterocycles. The molecule has 0 fully saturated rings. The first-order valence-electron chi connectivity index (χ1n) is 5.98. The highest BCUT2D eigenvalue weighted by Crippen LogP contribution is 2.35. The van der Waals surface area contributed by atoms with E-state index >= 15 is 0 Å². The molecule has 0 aliphatic heterocycles. The zero-order valence-corrected chi connectivity index (χ0v) is 13.8. The van der Waals surface area contributed by atoms with Crippen molar-refractivity contribution in [2.24, 2.45) is 10.9 Å². The molecule has 1 aromatic carbocycles. The maximum absolute atomic E-state index is 8.67. The van der Waals surface area contributed by atoms with Gasteiger partial charge in [0.1, 0.15) is 0 Å². The number of nitrogens with one attached hydrogen (secondary N) is 2. The molecule has 0 aliphatic rings. The van der Waals surface area contributed by atoms with Crippen molar-refractivity contribution in [3.8, 4) is 6.19 Å². The highest BCUT2D eigenvalue weighted by Gasteiger charge is 2.09. The fourth-order valence-corrected chi connectivity index (χ4v) is 2.03. The molecule has 0 spiro atoms. The van der Waals surface area contributed by atoms with Gasteiger partial charge < -0.3 is 5.32 Å². The van der Waals surface area contributed by atoms with E-state index in [0.29, 0.717) is 26.8 Å². The van der Waals surface area contributed by atoms with Crippen LogP contribution < -0.4 is 10.6 Å². The van der Waals surface area contributed by atoms with Gasteiger partial charge in [0.05, 0.1) is 21.4 Å². The second kappa shape index (κ2) is 8.25. The fourth-order valence-electron chi connectivity index (χ4n) is 1.37. The molecule has 0 saturated carbocycles. The van der Waals surface area contributed by atoms with Gasteiger partial charge in [0, 0.05) is 6.54 Å². The van der Waals surface area contributed by atoms with Crippen LogP contribution in [0.1, 0.15) is 13.8 Å². The van der Waals surface area contributed by atoms with E-state index in [4.69, 9.17) is 28.5 Å². The summed E-state index contributed by atoms with van der Waals surface area (Å²) < 4.78 is 0. The SMILES string of the molecule is CSC(=Nc1cc(Cl)c(Cl)cc1NCC(C)C)NC#N. The molecule has 0 atom stereocenters. The van der Waals surface area contributed by atoms with E-state index < -0.39 is 0 Å². The molecule has 7 heteroatoms. The summed E-state index contributed by atoms with van der Waals surface area (Å²) in [4.78, 5) is 4.39. The van der Waals surface area contributed by atoms with E-state index in [0.717, 1.165) is 12.2 Å². The monoisotopic (exact) mass is 330 g/mol. The molecule has 4 nitrogen and oxygen atoms in total. The molecule has 108 valence electrons. The summed E-state index contributed by atoms with van der Waals surface area (Å²) >= 11 is 13.4. The first-order chi connectivity index (χ1) is 9.47. The van der Waals surface area contributed by atoms with Gasteiger partial charge >= 0.3 is 0 Å². The number of nitriles is 1. The molecule has 0 saturated heterocycles. The maximum atomic E-state index is 8.67. The Morgan fingerprint density at radius 2 is 2.05 bits per heavy atom. The third-order valence-electron chi connectivity index (χ3n) is 2.32. The Morgan fingerprint density at radius 3 is 2.60 bits per heavy atom. The van der Waals surface area contributed by atoms with E-state index in [9.17, 15) is 0 Å². The van der Waals surface area contributed by atoms with Gasteiger partial charge in [-0.1, -0.05) is 48.8 Å². The number of halogens is 2. The van der Waals surface area contributed by atoms with Crippen molar-refractivity contribution in [1.82, 2.24) is 5.32 Å². The van der Waals surface area contributed by atoms with Gasteiger partial charge in [-0.15, -0.1) is 0 Å². The second-order valence-electron chi connectivity index (χ2n) is 4.42. The highest BCUT2D eigenvalue weighted by atomic mass is 35.5. The van der Waals surface area contributed by atoms with Crippen molar-refractivity contribution in [2.75, 3.05) is 18.1 Å². The minimum absolute atomic E-state index is 0.429. The van der Waals surface area contributed by atoms with Crippen molar-refractivity contribution in [3.63, 3.8) is 0 Å². The lowest BCUT2D eigenvalue weighted by atomic mass is 10.2. The number of benzene rings is 1. The van der Waals surface area contributed by atoms with Crippen LogP contribution in [0.3, 0.4) is 0 Å². The van der Waals surface area contributed by atoms with Crippen molar-refractivity contribution < 1.29 is 0 Å². The quantitative estimate of drug-likeness (QED) is 0.369. The minimum atomic E-state index is 0.429. The second-order valence-corrected chi connectivity index (χ2v) is 6.03. The number of hydrogen-bond donors (Lipinski definition) is 2. The van der Waals surface area contributed by atoms with Gasteiger partial charge in [-0.05, 0) is 24.3 Å². The molecule has 0 aliphatic carbocycles. The summed E-state index contributed by atoms with van der Waals surface area (Å²) in [7, 11) is 0. The molecule has 1 aromatic rings. The average Bonchev–Trinajstić information content (AvgIpc) is 2.40. The topological polar surface area (TPSA) is 60.2 Å². The predicted molar refractivity (Wildman–Crippen MR) is 89.1 cm³/mol. The van der Waals surface area contributed by atoms with E-state index in [1.807, 2.05) is 12.4 Å². The lowest BCUT2D eigenvalue weighted by Crippen LogP contribution is -2.13. The van der Waals surface area contributed by atoms with Crippen LogP contribution >= 0.6 is 35.0 Å². The summed E-state index contributed by atoms with van der Waals surface area (Å²) in [6.07, 6.45) is 3.69. The third-order valence-corrected chi connectivity index (χ3v) is 3.62. The zero-order chi connectivity index (χ0) is 15.1. The number of anilines is 1. The number of nitrogens with zero attached hydrogens (tertiary/aromatic N) is 2. The van der Waals surface area contributed by atoms with Crippen LogP contribution in [-0.4, -0.2) is 18.0 Å². The van der Waals surface area contributed by atoms with Gasteiger partial charge in [0.2, 0.25) is 0 Å². The van der Waals surface area contributed by atoms with Crippen molar-refractivity contribution in [2.45, 2.75) is 13.8 Å². The lowest BCUT2D eigenvalue weighted by Gasteiger charge is -2.13. The first-order valence-corrected chi connectivity index (χ1v) is 7.96. The summed E-state index contributed by atoms with van der Waals surface area (Å²) in [5.41, 5.74) is 1.44. The largest absolute Gasteiger partial charge is 0.383 e. The lowest BCUT2D eigenvalue weighted by molar-refractivity contribution is 0.689. The molecule has 2 N–H and O–H groups in total. The Labute approximate surface area is 133 Å². The molecular weight excluding hydrogens is 315 g/mol. The van der Waals surface area contributed by atoms with Gasteiger partial charge in [0.25, 0.3) is 0 Å². The van der Waals surface area contributed by atoms with Gasteiger partial charge in [-0.3, -0.25) is 5.32 Å². The van der Waals surface area contributed by atoms with Crippen molar-refractivity contribution in [1.29, 1.82) is 5.26 Å². The summed E-state index contributed by atoms with van der Waals surface area (Å²) in [6, 6.07) is 3.43. The Kier molecular flexibility index (Phi) is 7.00. The molecule has 0 unspecified atom stereocenters. The van der Waals surface area contributed by atoms with Crippen LogP contribution in [0.4, 0.5) is 11.4 Å². The Hall–Kier alpha value is -1.09. The molecule has 20 heavy (non-hydrogen) atoms. The normalized spacial score (nSPS) is 11.3. The smallest absolute Gasteiger partial charge is 0.183 e. The fraction of sp³-hybridized carbons (Fsp3) is 0.385. The minimum Gasteiger partial charge on any atom is -0.383 e. The van der Waals surface area contributed by atoms with Crippen molar-refractivity contribution in [3.05, 3.63) is 22.2 Å². The van der Waals surface area contributed by atoms with Crippen LogP contribution in [0.15, 0.2) is 17.1 Å². The summed E-state index contributed by atoms with van der Waals surface area (Å²) in [5, 5.41) is 15.9. The standard InChI is InChI=1S/C13H16Cl2N4S/c1-8(2)6-17-11-4-9(14)10(15)5-12(11)19-13(20-3)18-7-16/h4-5,8,17H,6H2,1-3H3,(H,18,19). The van der Waals surface area contributed by atoms with Crippen LogP contribution in [0, 0.1) is 17.4 Å². The first kappa shape index (κ1) is 17.0. The van der Waals surface area contributed by atoms with Crippen molar-refractivity contribution >= 4 is 51.5 Å². The predicted octanol–water partition coefficient (Wildman–Crippen LogP) is 4.48. The number of rotatable bonds is 4. The number of aliphatic imine (C=N–C) groups is 1. The third kappa shape index (κ3) is 5.12.